The second kappa shape index (κ2) is 6.49. The van der Waals surface area contributed by atoms with E-state index in [1.54, 1.807) is 31.4 Å². The summed E-state index contributed by atoms with van der Waals surface area (Å²) in [5.41, 5.74) is 1.91. The number of benzene rings is 1. The minimum absolute atomic E-state index is 0.116. The molecule has 0 saturated carbocycles. The van der Waals surface area contributed by atoms with Crippen molar-refractivity contribution in [3.05, 3.63) is 46.1 Å². The van der Waals surface area contributed by atoms with Crippen LogP contribution in [-0.4, -0.2) is 23.4 Å². The van der Waals surface area contributed by atoms with E-state index in [1.165, 1.54) is 6.21 Å². The van der Waals surface area contributed by atoms with Gasteiger partial charge in [-0.1, -0.05) is 22.0 Å². The number of anilines is 2. The van der Waals surface area contributed by atoms with E-state index in [-0.39, 0.29) is 6.61 Å². The van der Waals surface area contributed by atoms with Gasteiger partial charge in [0.15, 0.2) is 0 Å². The Bertz CT molecular complexity index is 632. The Morgan fingerprint density at radius 1 is 1.45 bits per heavy atom. The zero-order chi connectivity index (χ0) is 14.5. The largest absolute Gasteiger partial charge is 0.496 e. The molecule has 0 aliphatic rings. The van der Waals surface area contributed by atoms with E-state index in [2.05, 4.69) is 26.2 Å². The summed E-state index contributed by atoms with van der Waals surface area (Å²) in [4.78, 5) is 4.25. The van der Waals surface area contributed by atoms with Gasteiger partial charge in [-0.3, -0.25) is 0 Å². The van der Waals surface area contributed by atoms with E-state index < -0.39 is 0 Å². The fraction of sp³-hybridized carbons (Fsp3) is 0.143. The van der Waals surface area contributed by atoms with Crippen LogP contribution in [0.5, 0.6) is 5.75 Å². The number of hydrogen-bond acceptors (Lipinski definition) is 5. The molecule has 1 heterocycles. The molecule has 6 heteroatoms. The minimum atomic E-state index is -0.116. The molecule has 3 N–H and O–H groups in total. The predicted octanol–water partition coefficient (Wildman–Crippen LogP) is 3.09. The van der Waals surface area contributed by atoms with Crippen LogP contribution in [0, 0.1) is 5.41 Å². The van der Waals surface area contributed by atoms with Crippen molar-refractivity contribution in [2.24, 2.45) is 0 Å². The smallest absolute Gasteiger partial charge is 0.130 e. The highest BCUT2D eigenvalue weighted by Crippen LogP contribution is 2.31. The first-order valence-electron chi connectivity index (χ1n) is 5.89. The highest BCUT2D eigenvalue weighted by atomic mass is 79.9. The average Bonchev–Trinajstić information content (AvgIpc) is 2.46. The summed E-state index contributed by atoms with van der Waals surface area (Å²) in [6.07, 6.45) is 1.23. The van der Waals surface area contributed by atoms with Crippen LogP contribution in [0.15, 0.2) is 34.8 Å². The molecule has 0 radical (unpaired) electrons. The van der Waals surface area contributed by atoms with Gasteiger partial charge in [-0.2, -0.15) is 0 Å². The lowest BCUT2D eigenvalue weighted by molar-refractivity contribution is 0.277. The second-order valence-corrected chi connectivity index (χ2v) is 4.93. The van der Waals surface area contributed by atoms with Gasteiger partial charge in [0, 0.05) is 10.7 Å². The van der Waals surface area contributed by atoms with Crippen LogP contribution in [0.3, 0.4) is 0 Å². The predicted molar refractivity (Wildman–Crippen MR) is 82.0 cm³/mol. The third-order valence-electron chi connectivity index (χ3n) is 2.70. The first kappa shape index (κ1) is 14.5. The van der Waals surface area contributed by atoms with Crippen LogP contribution in [0.25, 0.3) is 0 Å². The van der Waals surface area contributed by atoms with Crippen molar-refractivity contribution < 1.29 is 9.84 Å². The topological polar surface area (TPSA) is 78.2 Å². The number of rotatable bonds is 5. The SMILES string of the molecule is COc1cc(Br)cc(Nc2cccc(CO)n2)c1C=N. The van der Waals surface area contributed by atoms with Crippen molar-refractivity contribution in [3.8, 4) is 5.75 Å². The molecule has 0 unspecified atom stereocenters. The maximum atomic E-state index is 9.10. The van der Waals surface area contributed by atoms with E-state index in [0.717, 1.165) is 4.47 Å². The molecule has 5 nitrogen and oxygen atoms in total. The van der Waals surface area contributed by atoms with Crippen molar-refractivity contribution in [2.45, 2.75) is 6.61 Å². The number of aromatic nitrogens is 1. The van der Waals surface area contributed by atoms with Crippen molar-refractivity contribution in [1.82, 2.24) is 4.98 Å². The summed E-state index contributed by atoms with van der Waals surface area (Å²) in [5.74, 6) is 1.19. The van der Waals surface area contributed by atoms with Gasteiger partial charge >= 0.3 is 0 Å². The van der Waals surface area contributed by atoms with Crippen LogP contribution < -0.4 is 10.1 Å². The Balaban J connectivity index is 2.41. The molecular formula is C14H14BrN3O2. The Kier molecular flexibility index (Phi) is 4.70. The lowest BCUT2D eigenvalue weighted by Gasteiger charge is -2.13. The van der Waals surface area contributed by atoms with Crippen LogP contribution in [-0.2, 0) is 6.61 Å². The van der Waals surface area contributed by atoms with Crippen molar-refractivity contribution in [2.75, 3.05) is 12.4 Å². The van der Waals surface area contributed by atoms with Gasteiger partial charge in [-0.05, 0) is 24.3 Å². The van der Waals surface area contributed by atoms with E-state index >= 15 is 0 Å². The zero-order valence-corrected chi connectivity index (χ0v) is 12.4. The summed E-state index contributed by atoms with van der Waals surface area (Å²) in [6, 6.07) is 8.98. The third-order valence-corrected chi connectivity index (χ3v) is 3.16. The number of aliphatic hydroxyl groups is 1. The molecule has 2 aromatic rings. The zero-order valence-electron chi connectivity index (χ0n) is 10.9. The molecule has 0 fully saturated rings. The molecule has 0 bridgehead atoms. The quantitative estimate of drug-likeness (QED) is 0.733. The highest BCUT2D eigenvalue weighted by Gasteiger charge is 2.10. The number of pyridine rings is 1. The van der Waals surface area contributed by atoms with Gasteiger partial charge in [0.1, 0.15) is 11.6 Å². The van der Waals surface area contributed by atoms with Crippen LogP contribution in [0.4, 0.5) is 11.5 Å². The van der Waals surface area contributed by atoms with Crippen molar-refractivity contribution >= 4 is 33.6 Å². The summed E-state index contributed by atoms with van der Waals surface area (Å²) in [6.45, 7) is -0.116. The molecule has 0 amide bonds. The number of halogens is 1. The Labute approximate surface area is 125 Å². The number of aliphatic hydroxyl groups excluding tert-OH is 1. The molecule has 0 aliphatic heterocycles. The molecule has 0 aliphatic carbocycles. The molecule has 0 atom stereocenters. The van der Waals surface area contributed by atoms with E-state index in [4.69, 9.17) is 15.3 Å². The Hall–Kier alpha value is -1.92. The fourth-order valence-corrected chi connectivity index (χ4v) is 2.23. The second-order valence-electron chi connectivity index (χ2n) is 4.01. The summed E-state index contributed by atoms with van der Waals surface area (Å²) in [7, 11) is 1.56. The summed E-state index contributed by atoms with van der Waals surface area (Å²) in [5, 5.41) is 19.8. The van der Waals surface area contributed by atoms with Gasteiger partial charge < -0.3 is 20.6 Å². The maximum Gasteiger partial charge on any atom is 0.130 e. The van der Waals surface area contributed by atoms with Crippen LogP contribution >= 0.6 is 15.9 Å². The van der Waals surface area contributed by atoms with Gasteiger partial charge in [0.2, 0.25) is 0 Å². The molecule has 1 aromatic carbocycles. The monoisotopic (exact) mass is 335 g/mol. The average molecular weight is 336 g/mol. The molecular weight excluding hydrogens is 322 g/mol. The number of nitrogens with one attached hydrogen (secondary N) is 2. The summed E-state index contributed by atoms with van der Waals surface area (Å²) >= 11 is 3.40. The Morgan fingerprint density at radius 2 is 2.25 bits per heavy atom. The first-order chi connectivity index (χ1) is 9.67. The Morgan fingerprint density at radius 3 is 2.90 bits per heavy atom. The fourth-order valence-electron chi connectivity index (χ4n) is 1.79. The van der Waals surface area contributed by atoms with Gasteiger partial charge in [-0.15, -0.1) is 0 Å². The standard InChI is InChI=1S/C14H14BrN3O2/c1-20-13-6-9(15)5-12(11(13)7-16)18-14-4-2-3-10(8-19)17-14/h2-7,16,19H,8H2,1H3,(H,17,18). The van der Waals surface area contributed by atoms with E-state index in [9.17, 15) is 0 Å². The van der Waals surface area contributed by atoms with Gasteiger partial charge in [0.25, 0.3) is 0 Å². The highest BCUT2D eigenvalue weighted by molar-refractivity contribution is 9.10. The lowest BCUT2D eigenvalue weighted by atomic mass is 10.1. The van der Waals surface area contributed by atoms with Crippen molar-refractivity contribution in [1.29, 1.82) is 5.41 Å². The maximum absolute atomic E-state index is 9.10. The number of hydrogen-bond donors (Lipinski definition) is 3. The van der Waals surface area contributed by atoms with Gasteiger partial charge in [-0.25, -0.2) is 4.98 Å². The van der Waals surface area contributed by atoms with E-state index in [1.807, 2.05) is 6.07 Å². The van der Waals surface area contributed by atoms with Gasteiger partial charge in [0.05, 0.1) is 30.7 Å². The molecule has 2 rings (SSSR count). The number of nitrogens with zero attached hydrogens (tertiary/aromatic N) is 1. The number of methoxy groups -OCH3 is 1. The molecule has 0 saturated heterocycles. The third kappa shape index (κ3) is 3.15. The number of ether oxygens (including phenoxy) is 1. The first-order valence-corrected chi connectivity index (χ1v) is 6.69. The molecule has 0 spiro atoms. The normalized spacial score (nSPS) is 10.2. The van der Waals surface area contributed by atoms with Crippen LogP contribution in [0.2, 0.25) is 0 Å². The van der Waals surface area contributed by atoms with E-state index in [0.29, 0.717) is 28.5 Å². The summed E-state index contributed by atoms with van der Waals surface area (Å²) < 4.78 is 6.09. The van der Waals surface area contributed by atoms with Crippen molar-refractivity contribution in [3.63, 3.8) is 0 Å². The molecule has 104 valence electrons. The molecule has 20 heavy (non-hydrogen) atoms. The van der Waals surface area contributed by atoms with Crippen LogP contribution in [0.1, 0.15) is 11.3 Å². The minimum Gasteiger partial charge on any atom is -0.496 e. The lowest BCUT2D eigenvalue weighted by Crippen LogP contribution is -2.01. The molecule has 1 aromatic heterocycles.